The molecule has 0 aliphatic heterocycles. The molecule has 6 heteroatoms. The highest BCUT2D eigenvalue weighted by atomic mass is 35.5. The number of pyridine rings is 1. The summed E-state index contributed by atoms with van der Waals surface area (Å²) in [5.74, 6) is 1.09. The van der Waals surface area contributed by atoms with Gasteiger partial charge in [0.2, 0.25) is 0 Å². The monoisotopic (exact) mass is 348 g/mol. The maximum Gasteiger partial charge on any atom is 0.257 e. The van der Waals surface area contributed by atoms with E-state index in [1.165, 1.54) is 0 Å². The van der Waals surface area contributed by atoms with Crippen molar-refractivity contribution in [3.05, 3.63) is 46.6 Å². The van der Waals surface area contributed by atoms with E-state index in [2.05, 4.69) is 10.3 Å². The molecule has 0 spiro atoms. The largest absolute Gasteiger partial charge is 0.490 e. The summed E-state index contributed by atoms with van der Waals surface area (Å²) in [4.78, 5) is 16.6. The summed E-state index contributed by atoms with van der Waals surface area (Å²) in [5.41, 5.74) is 1.40. The minimum atomic E-state index is -0.309. The molecule has 0 unspecified atom stereocenters. The fourth-order valence-electron chi connectivity index (χ4n) is 2.04. The number of hydrogen-bond acceptors (Lipinski definition) is 4. The van der Waals surface area contributed by atoms with Crippen LogP contribution in [0.4, 0.5) is 5.82 Å². The van der Waals surface area contributed by atoms with Crippen molar-refractivity contribution in [1.82, 2.24) is 4.98 Å². The second-order valence-electron chi connectivity index (χ2n) is 5.24. The highest BCUT2D eigenvalue weighted by Crippen LogP contribution is 2.37. The van der Waals surface area contributed by atoms with Gasteiger partial charge in [-0.1, -0.05) is 24.6 Å². The molecule has 0 radical (unpaired) electrons. The Labute approximate surface area is 147 Å². The molecule has 2 rings (SSSR count). The van der Waals surface area contributed by atoms with Crippen molar-refractivity contribution in [3.63, 3.8) is 0 Å². The SMILES string of the molecule is CCCOc1c(Cl)cc(C(=O)Nc2ccc(C)cn2)cc1OCC. The number of aromatic nitrogens is 1. The van der Waals surface area contributed by atoms with Gasteiger partial charge in [0, 0.05) is 11.8 Å². The van der Waals surface area contributed by atoms with Gasteiger partial charge in [0.15, 0.2) is 11.5 Å². The molecule has 0 bridgehead atoms. The fourth-order valence-corrected chi connectivity index (χ4v) is 2.30. The minimum absolute atomic E-state index is 0.309. The lowest BCUT2D eigenvalue weighted by atomic mass is 10.2. The summed E-state index contributed by atoms with van der Waals surface area (Å²) in [5, 5.41) is 3.08. The molecule has 0 fully saturated rings. The molecule has 0 aliphatic rings. The lowest BCUT2D eigenvalue weighted by molar-refractivity contribution is 0.102. The number of nitrogens with zero attached hydrogens (tertiary/aromatic N) is 1. The number of nitrogens with one attached hydrogen (secondary N) is 1. The molecule has 1 amide bonds. The smallest absolute Gasteiger partial charge is 0.257 e. The van der Waals surface area contributed by atoms with Crippen LogP contribution in [0.15, 0.2) is 30.5 Å². The number of benzene rings is 1. The first-order valence-corrected chi connectivity index (χ1v) is 8.26. The van der Waals surface area contributed by atoms with Crippen LogP contribution in [-0.2, 0) is 0 Å². The van der Waals surface area contributed by atoms with E-state index in [0.717, 1.165) is 12.0 Å². The van der Waals surface area contributed by atoms with Crippen LogP contribution in [0.3, 0.4) is 0 Å². The van der Waals surface area contributed by atoms with Crippen molar-refractivity contribution < 1.29 is 14.3 Å². The molecule has 0 aliphatic carbocycles. The fraction of sp³-hybridized carbons (Fsp3) is 0.333. The Kier molecular flexibility index (Phi) is 6.44. The lowest BCUT2D eigenvalue weighted by Crippen LogP contribution is -2.13. The second kappa shape index (κ2) is 8.55. The number of amides is 1. The van der Waals surface area contributed by atoms with Crippen molar-refractivity contribution in [2.75, 3.05) is 18.5 Å². The summed E-state index contributed by atoms with van der Waals surface area (Å²) in [6, 6.07) is 6.82. The molecular formula is C18H21ClN2O3. The summed E-state index contributed by atoms with van der Waals surface area (Å²) in [6.45, 7) is 6.77. The Hall–Kier alpha value is -2.27. The van der Waals surface area contributed by atoms with Crippen molar-refractivity contribution in [2.45, 2.75) is 27.2 Å². The molecule has 1 heterocycles. The van der Waals surface area contributed by atoms with E-state index in [1.807, 2.05) is 26.8 Å². The highest BCUT2D eigenvalue weighted by Gasteiger charge is 2.16. The molecule has 24 heavy (non-hydrogen) atoms. The third kappa shape index (κ3) is 4.61. The Morgan fingerprint density at radius 1 is 1.25 bits per heavy atom. The van der Waals surface area contributed by atoms with Crippen LogP contribution in [0, 0.1) is 6.92 Å². The number of carbonyl (C=O) groups excluding carboxylic acids is 1. The van der Waals surface area contributed by atoms with E-state index in [0.29, 0.717) is 41.1 Å². The second-order valence-corrected chi connectivity index (χ2v) is 5.65. The number of rotatable bonds is 7. The molecular weight excluding hydrogens is 328 g/mol. The summed E-state index contributed by atoms with van der Waals surface area (Å²) in [7, 11) is 0. The van der Waals surface area contributed by atoms with Crippen LogP contribution in [0.25, 0.3) is 0 Å². The predicted molar refractivity (Wildman–Crippen MR) is 95.3 cm³/mol. The first-order chi connectivity index (χ1) is 11.5. The summed E-state index contributed by atoms with van der Waals surface area (Å²) >= 11 is 6.27. The van der Waals surface area contributed by atoms with Gasteiger partial charge in [0.1, 0.15) is 5.82 Å². The molecule has 0 saturated heterocycles. The van der Waals surface area contributed by atoms with E-state index in [4.69, 9.17) is 21.1 Å². The molecule has 1 N–H and O–H groups in total. The van der Waals surface area contributed by atoms with Crippen LogP contribution in [0.5, 0.6) is 11.5 Å². The van der Waals surface area contributed by atoms with Gasteiger partial charge >= 0.3 is 0 Å². The van der Waals surface area contributed by atoms with Gasteiger partial charge in [-0.25, -0.2) is 4.98 Å². The number of halogens is 1. The average Bonchev–Trinajstić information content (AvgIpc) is 2.56. The van der Waals surface area contributed by atoms with E-state index in [9.17, 15) is 4.79 Å². The zero-order valence-electron chi connectivity index (χ0n) is 14.1. The van der Waals surface area contributed by atoms with Crippen LogP contribution in [0.1, 0.15) is 36.2 Å². The standard InChI is InChI=1S/C18H21ClN2O3/c1-4-8-24-17-14(19)9-13(10-15(17)23-5-2)18(22)21-16-7-6-12(3)11-20-16/h6-7,9-11H,4-5,8H2,1-3H3,(H,20,21,22). The third-order valence-electron chi connectivity index (χ3n) is 3.18. The normalized spacial score (nSPS) is 10.3. The highest BCUT2D eigenvalue weighted by molar-refractivity contribution is 6.32. The number of carbonyl (C=O) groups is 1. The molecule has 128 valence electrons. The first kappa shape index (κ1) is 18.1. The van der Waals surface area contributed by atoms with Crippen molar-refractivity contribution in [2.24, 2.45) is 0 Å². The summed E-state index contributed by atoms with van der Waals surface area (Å²) in [6.07, 6.45) is 2.54. The Bertz CT molecular complexity index is 702. The van der Waals surface area contributed by atoms with Crippen LogP contribution >= 0.6 is 11.6 Å². The topological polar surface area (TPSA) is 60.5 Å². The maximum absolute atomic E-state index is 12.4. The van der Waals surface area contributed by atoms with Gasteiger partial charge in [-0.3, -0.25) is 4.79 Å². The van der Waals surface area contributed by atoms with Gasteiger partial charge < -0.3 is 14.8 Å². The minimum Gasteiger partial charge on any atom is -0.490 e. The number of ether oxygens (including phenoxy) is 2. The Balaban J connectivity index is 2.25. The zero-order chi connectivity index (χ0) is 17.5. The molecule has 1 aromatic heterocycles. The third-order valence-corrected chi connectivity index (χ3v) is 3.46. The number of aryl methyl sites for hydroxylation is 1. The van der Waals surface area contributed by atoms with E-state index >= 15 is 0 Å². The molecule has 2 aromatic rings. The molecule has 0 saturated carbocycles. The Morgan fingerprint density at radius 3 is 2.67 bits per heavy atom. The van der Waals surface area contributed by atoms with E-state index < -0.39 is 0 Å². The Morgan fingerprint density at radius 2 is 2.04 bits per heavy atom. The van der Waals surface area contributed by atoms with Gasteiger partial charge in [-0.2, -0.15) is 0 Å². The van der Waals surface area contributed by atoms with Gasteiger partial charge in [0.05, 0.1) is 18.2 Å². The van der Waals surface area contributed by atoms with Crippen LogP contribution in [-0.4, -0.2) is 24.1 Å². The van der Waals surface area contributed by atoms with Gasteiger partial charge in [-0.15, -0.1) is 0 Å². The molecule has 5 nitrogen and oxygen atoms in total. The van der Waals surface area contributed by atoms with E-state index in [1.54, 1.807) is 24.4 Å². The lowest BCUT2D eigenvalue weighted by Gasteiger charge is -2.14. The molecule has 1 aromatic carbocycles. The maximum atomic E-state index is 12.4. The van der Waals surface area contributed by atoms with Crippen LogP contribution in [0.2, 0.25) is 5.02 Å². The average molecular weight is 349 g/mol. The molecule has 0 atom stereocenters. The van der Waals surface area contributed by atoms with Gasteiger partial charge in [-0.05, 0) is 44.0 Å². The first-order valence-electron chi connectivity index (χ1n) is 7.88. The predicted octanol–water partition coefficient (Wildman–Crippen LogP) is 4.48. The van der Waals surface area contributed by atoms with Gasteiger partial charge in [0.25, 0.3) is 5.91 Å². The summed E-state index contributed by atoms with van der Waals surface area (Å²) < 4.78 is 11.2. The number of anilines is 1. The van der Waals surface area contributed by atoms with Crippen molar-refractivity contribution in [1.29, 1.82) is 0 Å². The van der Waals surface area contributed by atoms with Crippen molar-refractivity contribution >= 4 is 23.3 Å². The quantitative estimate of drug-likeness (QED) is 0.801. The number of hydrogen-bond donors (Lipinski definition) is 1. The van der Waals surface area contributed by atoms with E-state index in [-0.39, 0.29) is 5.91 Å². The zero-order valence-corrected chi connectivity index (χ0v) is 14.8. The van der Waals surface area contributed by atoms with Crippen LogP contribution < -0.4 is 14.8 Å². The van der Waals surface area contributed by atoms with Crippen molar-refractivity contribution in [3.8, 4) is 11.5 Å².